The summed E-state index contributed by atoms with van der Waals surface area (Å²) in [7, 11) is 0. The first-order chi connectivity index (χ1) is 15.1. The van der Waals surface area contributed by atoms with Crippen LogP contribution in [0.1, 0.15) is 12.8 Å². The molecule has 1 N–H and O–H groups in total. The number of carboxylic acids is 1. The molecule has 4 nitrogen and oxygen atoms in total. The number of rotatable bonds is 8. The molecule has 0 aliphatic rings. The van der Waals surface area contributed by atoms with E-state index in [0.29, 0.717) is 23.0 Å². The highest BCUT2D eigenvalue weighted by Crippen LogP contribution is 2.38. The van der Waals surface area contributed by atoms with Gasteiger partial charge in [0.05, 0.1) is 17.1 Å². The SMILES string of the molecule is O=C(O)CCCSc1nc(-c2ccccc2)c(-c2ccccc2)n1-c1ccccc1F. The van der Waals surface area contributed by atoms with Crippen LogP contribution >= 0.6 is 11.8 Å². The Morgan fingerprint density at radius 1 is 0.903 bits per heavy atom. The van der Waals surface area contributed by atoms with Gasteiger partial charge in [-0.25, -0.2) is 9.37 Å². The molecule has 0 bridgehead atoms. The third kappa shape index (κ3) is 4.70. The van der Waals surface area contributed by atoms with E-state index in [9.17, 15) is 9.18 Å². The van der Waals surface area contributed by atoms with Gasteiger partial charge in [-0.3, -0.25) is 9.36 Å². The molecule has 0 fully saturated rings. The molecule has 0 saturated carbocycles. The number of carboxylic acid groups (broad SMARTS) is 1. The number of hydrogen-bond donors (Lipinski definition) is 1. The largest absolute Gasteiger partial charge is 0.481 e. The van der Waals surface area contributed by atoms with Crippen molar-refractivity contribution >= 4 is 17.7 Å². The summed E-state index contributed by atoms with van der Waals surface area (Å²) in [6.45, 7) is 0. The molecule has 31 heavy (non-hydrogen) atoms. The molecule has 3 aromatic carbocycles. The van der Waals surface area contributed by atoms with Crippen molar-refractivity contribution in [3.63, 3.8) is 0 Å². The monoisotopic (exact) mass is 432 g/mol. The molecule has 0 saturated heterocycles. The lowest BCUT2D eigenvalue weighted by Crippen LogP contribution is -2.03. The first-order valence-corrected chi connectivity index (χ1v) is 11.0. The normalized spacial score (nSPS) is 10.9. The minimum atomic E-state index is -0.826. The van der Waals surface area contributed by atoms with E-state index in [1.165, 1.54) is 17.8 Å². The van der Waals surface area contributed by atoms with Gasteiger partial charge in [-0.2, -0.15) is 0 Å². The molecule has 156 valence electrons. The lowest BCUT2D eigenvalue weighted by Gasteiger charge is -2.14. The van der Waals surface area contributed by atoms with Gasteiger partial charge in [0.25, 0.3) is 0 Å². The van der Waals surface area contributed by atoms with E-state index in [0.717, 1.165) is 22.5 Å². The van der Waals surface area contributed by atoms with Gasteiger partial charge < -0.3 is 5.11 Å². The highest BCUT2D eigenvalue weighted by Gasteiger charge is 2.23. The Balaban J connectivity index is 1.91. The maximum absolute atomic E-state index is 14.9. The molecule has 0 spiro atoms. The second kappa shape index (κ2) is 9.62. The fourth-order valence-electron chi connectivity index (χ4n) is 3.40. The maximum Gasteiger partial charge on any atom is 0.303 e. The Morgan fingerprint density at radius 3 is 2.16 bits per heavy atom. The first-order valence-electron chi connectivity index (χ1n) is 9.98. The lowest BCUT2D eigenvalue weighted by atomic mass is 10.0. The Bertz CT molecular complexity index is 1180. The molecule has 0 atom stereocenters. The average Bonchev–Trinajstić information content (AvgIpc) is 3.17. The molecule has 0 amide bonds. The van der Waals surface area contributed by atoms with Gasteiger partial charge in [-0.1, -0.05) is 84.6 Å². The fourth-order valence-corrected chi connectivity index (χ4v) is 4.35. The van der Waals surface area contributed by atoms with Crippen molar-refractivity contribution in [2.24, 2.45) is 0 Å². The predicted molar refractivity (Wildman–Crippen MR) is 122 cm³/mol. The van der Waals surface area contributed by atoms with Crippen molar-refractivity contribution in [3.8, 4) is 28.2 Å². The number of nitrogens with zero attached hydrogens (tertiary/aromatic N) is 2. The summed E-state index contributed by atoms with van der Waals surface area (Å²) in [5.74, 6) is -0.600. The Hall–Kier alpha value is -3.38. The van der Waals surface area contributed by atoms with Crippen LogP contribution in [0.3, 0.4) is 0 Å². The van der Waals surface area contributed by atoms with Crippen molar-refractivity contribution in [2.75, 3.05) is 5.75 Å². The van der Waals surface area contributed by atoms with Crippen LogP contribution in [0.2, 0.25) is 0 Å². The molecule has 1 aromatic heterocycles. The van der Waals surface area contributed by atoms with Gasteiger partial charge in [0.2, 0.25) is 0 Å². The number of thioether (sulfide) groups is 1. The van der Waals surface area contributed by atoms with Crippen LogP contribution in [-0.2, 0) is 4.79 Å². The summed E-state index contributed by atoms with van der Waals surface area (Å²) >= 11 is 1.44. The molecule has 0 aliphatic carbocycles. The first kappa shape index (κ1) is 20.9. The van der Waals surface area contributed by atoms with Crippen LogP contribution < -0.4 is 0 Å². The van der Waals surface area contributed by atoms with E-state index >= 15 is 0 Å². The Morgan fingerprint density at radius 2 is 1.52 bits per heavy atom. The van der Waals surface area contributed by atoms with E-state index in [1.54, 1.807) is 18.2 Å². The van der Waals surface area contributed by atoms with Crippen LogP contribution in [0.5, 0.6) is 0 Å². The standard InChI is InChI=1S/C25H21FN2O2S/c26-20-14-7-8-15-21(20)28-24(19-12-5-2-6-13-19)23(18-10-3-1-4-11-18)27-25(28)31-17-9-16-22(29)30/h1-8,10-15H,9,16-17H2,(H,29,30). The molecule has 0 radical (unpaired) electrons. The number of benzene rings is 3. The van der Waals surface area contributed by atoms with E-state index < -0.39 is 5.97 Å². The molecule has 0 unspecified atom stereocenters. The van der Waals surface area contributed by atoms with Crippen molar-refractivity contribution < 1.29 is 14.3 Å². The number of hydrogen-bond acceptors (Lipinski definition) is 3. The molecule has 4 aromatic rings. The summed E-state index contributed by atoms with van der Waals surface area (Å²) in [5.41, 5.74) is 3.84. The highest BCUT2D eigenvalue weighted by atomic mass is 32.2. The number of para-hydroxylation sites is 1. The van der Waals surface area contributed by atoms with Crippen LogP contribution in [0, 0.1) is 5.82 Å². The smallest absolute Gasteiger partial charge is 0.303 e. The number of aliphatic carboxylic acids is 1. The van der Waals surface area contributed by atoms with E-state index in [4.69, 9.17) is 10.1 Å². The summed E-state index contributed by atoms with van der Waals surface area (Å²) in [6, 6.07) is 26.3. The molecule has 0 aliphatic heterocycles. The maximum atomic E-state index is 14.9. The molecule has 6 heteroatoms. The van der Waals surface area contributed by atoms with Gasteiger partial charge in [0, 0.05) is 23.3 Å². The summed E-state index contributed by atoms with van der Waals surface area (Å²) in [6.07, 6.45) is 0.593. The number of halogens is 1. The lowest BCUT2D eigenvalue weighted by molar-refractivity contribution is -0.137. The third-order valence-corrected chi connectivity index (χ3v) is 5.83. The average molecular weight is 433 g/mol. The second-order valence-electron chi connectivity index (χ2n) is 6.96. The zero-order valence-electron chi connectivity index (χ0n) is 16.7. The highest BCUT2D eigenvalue weighted by molar-refractivity contribution is 7.99. The molecule has 1 heterocycles. The van der Waals surface area contributed by atoms with Crippen LogP contribution in [0.25, 0.3) is 28.2 Å². The van der Waals surface area contributed by atoms with Gasteiger partial charge in [-0.15, -0.1) is 0 Å². The number of imidazole rings is 1. The molecular weight excluding hydrogens is 411 g/mol. The van der Waals surface area contributed by atoms with Crippen molar-refractivity contribution in [2.45, 2.75) is 18.0 Å². The quantitative estimate of drug-likeness (QED) is 0.262. The predicted octanol–water partition coefficient (Wildman–Crippen LogP) is 6.30. The minimum Gasteiger partial charge on any atom is -0.481 e. The summed E-state index contributed by atoms with van der Waals surface area (Å²) in [4.78, 5) is 15.8. The Kier molecular flexibility index (Phi) is 6.48. The van der Waals surface area contributed by atoms with E-state index in [2.05, 4.69) is 0 Å². The molecular formula is C25H21FN2O2S. The van der Waals surface area contributed by atoms with Gasteiger partial charge in [0.15, 0.2) is 5.16 Å². The third-order valence-electron chi connectivity index (χ3n) is 4.80. The van der Waals surface area contributed by atoms with Crippen molar-refractivity contribution in [3.05, 3.63) is 90.7 Å². The van der Waals surface area contributed by atoms with Crippen molar-refractivity contribution in [1.29, 1.82) is 0 Å². The number of carbonyl (C=O) groups is 1. The second-order valence-corrected chi connectivity index (χ2v) is 8.02. The number of aromatic nitrogens is 2. The van der Waals surface area contributed by atoms with Gasteiger partial charge in [-0.05, 0) is 18.6 Å². The fraction of sp³-hybridized carbons (Fsp3) is 0.120. The van der Waals surface area contributed by atoms with Crippen LogP contribution in [-0.4, -0.2) is 26.4 Å². The van der Waals surface area contributed by atoms with Crippen LogP contribution in [0.4, 0.5) is 4.39 Å². The van der Waals surface area contributed by atoms with Gasteiger partial charge >= 0.3 is 5.97 Å². The topological polar surface area (TPSA) is 55.1 Å². The minimum absolute atomic E-state index is 0.0878. The Labute approximate surface area is 184 Å². The molecule has 4 rings (SSSR count). The van der Waals surface area contributed by atoms with Crippen molar-refractivity contribution in [1.82, 2.24) is 9.55 Å². The van der Waals surface area contributed by atoms with Crippen LogP contribution in [0.15, 0.2) is 90.1 Å². The summed E-state index contributed by atoms with van der Waals surface area (Å²) in [5, 5.41) is 9.58. The van der Waals surface area contributed by atoms with E-state index in [1.807, 2.05) is 65.2 Å². The van der Waals surface area contributed by atoms with Gasteiger partial charge in [0.1, 0.15) is 5.82 Å². The van der Waals surface area contributed by atoms with E-state index in [-0.39, 0.29) is 12.2 Å². The zero-order chi connectivity index (χ0) is 21.6. The zero-order valence-corrected chi connectivity index (χ0v) is 17.6. The summed E-state index contributed by atoms with van der Waals surface area (Å²) < 4.78 is 16.8.